The Bertz CT molecular complexity index is 1310. The number of esters is 2. The molecule has 194 valence electrons. The van der Waals surface area contributed by atoms with Crippen LogP contribution < -0.4 is 4.74 Å². The fourth-order valence-electron chi connectivity index (χ4n) is 6.69. The molecule has 9 heteroatoms. The summed E-state index contributed by atoms with van der Waals surface area (Å²) in [7, 11) is 1.99. The summed E-state index contributed by atoms with van der Waals surface area (Å²) in [6.45, 7) is 2.07. The Balaban J connectivity index is 1.27. The van der Waals surface area contributed by atoms with Gasteiger partial charge in [-0.1, -0.05) is 36.4 Å². The van der Waals surface area contributed by atoms with Gasteiger partial charge in [0.2, 0.25) is 0 Å². The second-order valence-electron chi connectivity index (χ2n) is 10.4. The number of hydrogen-bond acceptors (Lipinski definition) is 9. The van der Waals surface area contributed by atoms with Gasteiger partial charge in [-0.2, -0.15) is 0 Å². The average molecular weight is 508 g/mol. The Morgan fingerprint density at radius 3 is 2.68 bits per heavy atom. The quantitative estimate of drug-likeness (QED) is 0.520. The van der Waals surface area contributed by atoms with Gasteiger partial charge in [0, 0.05) is 18.0 Å². The molecule has 0 saturated carbocycles. The summed E-state index contributed by atoms with van der Waals surface area (Å²) < 4.78 is 17.2. The van der Waals surface area contributed by atoms with Crippen LogP contribution in [0.4, 0.5) is 0 Å². The summed E-state index contributed by atoms with van der Waals surface area (Å²) in [6, 6.07) is 11.6. The topological polar surface area (TPSA) is 126 Å². The molecule has 1 spiro atoms. The Morgan fingerprint density at radius 1 is 1.16 bits per heavy atom. The highest BCUT2D eigenvalue weighted by Crippen LogP contribution is 2.65. The number of nitrogens with zero attached hydrogens (tertiary/aromatic N) is 1. The van der Waals surface area contributed by atoms with E-state index < -0.39 is 41.3 Å². The number of rotatable bonds is 5. The summed E-state index contributed by atoms with van der Waals surface area (Å²) in [5.74, 6) is -1.28. The maximum Gasteiger partial charge on any atom is 0.352 e. The molecule has 37 heavy (non-hydrogen) atoms. The zero-order valence-corrected chi connectivity index (χ0v) is 20.6. The highest BCUT2D eigenvalue weighted by atomic mass is 16.6. The number of benzene rings is 2. The number of hydrogen-bond donors (Lipinski definition) is 3. The third kappa shape index (κ3) is 3.27. The smallest absolute Gasteiger partial charge is 0.352 e. The van der Waals surface area contributed by atoms with Crippen LogP contribution in [0, 0.1) is 0 Å². The number of aliphatic hydroxyl groups is 2. The van der Waals surface area contributed by atoms with Crippen LogP contribution in [-0.4, -0.2) is 69.6 Å². The number of likely N-dealkylation sites (N-methyl/N-ethyl adjacent to an activating group) is 1. The number of aliphatic hydroxyl groups excluding tert-OH is 1. The van der Waals surface area contributed by atoms with Gasteiger partial charge < -0.3 is 34.4 Å². The SMILES string of the molecule is C[C@H](OC(=O)[C@@H](O)c1ccccc1)C(=O)OC1=CC[C@@]2(O)[C@H]3Cc4ccc(O)c5c4[C@@]2(CCN3C)[C@H]1O5. The first kappa shape index (κ1) is 24.0. The predicted molar refractivity (Wildman–Crippen MR) is 130 cm³/mol. The zero-order chi connectivity index (χ0) is 26.1. The first-order valence-electron chi connectivity index (χ1n) is 12.5. The second kappa shape index (κ2) is 8.31. The monoisotopic (exact) mass is 507 g/mol. The molecule has 0 amide bonds. The molecule has 6 rings (SSSR count). The number of piperidine rings is 1. The van der Waals surface area contributed by atoms with Gasteiger partial charge in [-0.15, -0.1) is 0 Å². The van der Waals surface area contributed by atoms with Crippen molar-refractivity contribution in [2.45, 2.75) is 61.6 Å². The van der Waals surface area contributed by atoms with Crippen LogP contribution in [0.3, 0.4) is 0 Å². The van der Waals surface area contributed by atoms with Crippen LogP contribution in [0.25, 0.3) is 0 Å². The molecule has 9 nitrogen and oxygen atoms in total. The van der Waals surface area contributed by atoms with E-state index in [4.69, 9.17) is 14.2 Å². The molecule has 1 fully saturated rings. The van der Waals surface area contributed by atoms with Gasteiger partial charge in [-0.3, -0.25) is 0 Å². The van der Waals surface area contributed by atoms with Crippen LogP contribution in [0.1, 0.15) is 42.6 Å². The molecule has 4 aliphatic rings. The first-order valence-corrected chi connectivity index (χ1v) is 12.5. The van der Waals surface area contributed by atoms with Crippen molar-refractivity contribution in [1.82, 2.24) is 4.90 Å². The average Bonchev–Trinajstić information content (AvgIpc) is 3.25. The number of ether oxygens (including phenoxy) is 3. The molecule has 2 aromatic rings. The minimum Gasteiger partial charge on any atom is -0.504 e. The van der Waals surface area contributed by atoms with E-state index in [1.807, 2.05) is 13.1 Å². The van der Waals surface area contributed by atoms with Crippen molar-refractivity contribution >= 4 is 11.9 Å². The summed E-state index contributed by atoms with van der Waals surface area (Å²) in [6.07, 6.45) is -0.595. The molecule has 2 aromatic carbocycles. The molecule has 0 aromatic heterocycles. The standard InChI is InChI=1S/C28H29NO8/c1-15(35-26(33)22(31)16-6-4-3-5-7-16)25(32)36-19-10-11-28(34)20-14-17-8-9-18(30)23-21(17)27(28,24(19)37-23)12-13-29(20)2/h3-10,15,20,22,24,30-31,34H,11-14H2,1-2H3/t15-,20+,22-,24-,27-,28+/m0/s1. The third-order valence-corrected chi connectivity index (χ3v) is 8.54. The van der Waals surface area contributed by atoms with Gasteiger partial charge in [0.1, 0.15) is 5.76 Å². The van der Waals surface area contributed by atoms with E-state index in [0.29, 0.717) is 30.7 Å². The normalized spacial score (nSPS) is 30.9. The number of aromatic hydroxyl groups is 1. The van der Waals surface area contributed by atoms with Crippen molar-refractivity contribution in [3.8, 4) is 11.5 Å². The highest BCUT2D eigenvalue weighted by Gasteiger charge is 2.72. The number of carbonyl (C=O) groups is 2. The van der Waals surface area contributed by atoms with Crippen LogP contribution in [0.5, 0.6) is 11.5 Å². The van der Waals surface area contributed by atoms with E-state index >= 15 is 0 Å². The number of carbonyl (C=O) groups excluding carboxylic acids is 2. The van der Waals surface area contributed by atoms with Crippen LogP contribution >= 0.6 is 0 Å². The van der Waals surface area contributed by atoms with Gasteiger partial charge in [0.05, 0.1) is 11.0 Å². The second-order valence-corrected chi connectivity index (χ2v) is 10.4. The van der Waals surface area contributed by atoms with E-state index in [2.05, 4.69) is 4.90 Å². The molecule has 1 saturated heterocycles. The van der Waals surface area contributed by atoms with Crippen molar-refractivity contribution in [1.29, 1.82) is 0 Å². The van der Waals surface area contributed by atoms with Crippen LogP contribution in [-0.2, 0) is 30.9 Å². The molecule has 2 heterocycles. The Hall–Kier alpha value is -3.40. The van der Waals surface area contributed by atoms with Gasteiger partial charge >= 0.3 is 11.9 Å². The Labute approximate surface area is 213 Å². The van der Waals surface area contributed by atoms with Gasteiger partial charge in [0.25, 0.3) is 0 Å². The van der Waals surface area contributed by atoms with Gasteiger partial charge in [-0.25, -0.2) is 9.59 Å². The largest absolute Gasteiger partial charge is 0.504 e. The number of phenolic OH excluding ortho intramolecular Hbond substituents is 1. The van der Waals surface area contributed by atoms with Gasteiger partial charge in [0.15, 0.2) is 29.8 Å². The maximum atomic E-state index is 13.0. The molecule has 0 radical (unpaired) electrons. The first-order chi connectivity index (χ1) is 17.7. The highest BCUT2D eigenvalue weighted by molar-refractivity contribution is 5.82. The van der Waals surface area contributed by atoms with Crippen LogP contribution in [0.15, 0.2) is 54.3 Å². The summed E-state index contributed by atoms with van der Waals surface area (Å²) >= 11 is 0. The molecule has 3 N–H and O–H groups in total. The van der Waals surface area contributed by atoms with Crippen molar-refractivity contribution < 1.29 is 39.1 Å². The predicted octanol–water partition coefficient (Wildman–Crippen LogP) is 1.88. The Morgan fingerprint density at radius 2 is 1.92 bits per heavy atom. The molecule has 2 bridgehead atoms. The summed E-state index contributed by atoms with van der Waals surface area (Å²) in [5.41, 5.74) is 0.0745. The zero-order valence-electron chi connectivity index (χ0n) is 20.6. The van der Waals surface area contributed by atoms with Crippen molar-refractivity contribution in [3.63, 3.8) is 0 Å². The third-order valence-electron chi connectivity index (χ3n) is 8.54. The molecule has 6 atom stereocenters. The fourth-order valence-corrected chi connectivity index (χ4v) is 6.69. The van der Waals surface area contributed by atoms with E-state index in [9.17, 15) is 24.9 Å². The minimum absolute atomic E-state index is 0.0230. The lowest BCUT2D eigenvalue weighted by Gasteiger charge is -2.61. The fraction of sp³-hybridized carbons (Fsp3) is 0.429. The summed E-state index contributed by atoms with van der Waals surface area (Å²) in [5, 5.41) is 33.0. The molecular weight excluding hydrogens is 478 g/mol. The molecule has 2 aliphatic heterocycles. The maximum absolute atomic E-state index is 13.0. The molecule has 2 aliphatic carbocycles. The summed E-state index contributed by atoms with van der Waals surface area (Å²) in [4.78, 5) is 27.6. The minimum atomic E-state index is -1.54. The molecular formula is C28H29NO8. The van der Waals surface area contributed by atoms with Crippen LogP contribution in [0.2, 0.25) is 0 Å². The number of likely N-dealkylation sites (tertiary alicyclic amines) is 1. The van der Waals surface area contributed by atoms with Crippen molar-refractivity contribution in [2.24, 2.45) is 0 Å². The Kier molecular flexibility index (Phi) is 5.38. The van der Waals surface area contributed by atoms with E-state index in [0.717, 1.165) is 11.1 Å². The van der Waals surface area contributed by atoms with E-state index in [1.54, 1.807) is 42.5 Å². The lowest BCUT2D eigenvalue weighted by atomic mass is 9.50. The van der Waals surface area contributed by atoms with E-state index in [-0.39, 0.29) is 24.0 Å². The van der Waals surface area contributed by atoms with Gasteiger partial charge in [-0.05, 0) is 56.6 Å². The van der Waals surface area contributed by atoms with Crippen molar-refractivity contribution in [2.75, 3.05) is 13.6 Å². The lowest BCUT2D eigenvalue weighted by molar-refractivity contribution is -0.178. The van der Waals surface area contributed by atoms with Crippen molar-refractivity contribution in [3.05, 3.63) is 71.0 Å². The number of phenols is 1. The molecule has 0 unspecified atom stereocenters. The lowest BCUT2D eigenvalue weighted by Crippen LogP contribution is -2.74. The van der Waals surface area contributed by atoms with E-state index in [1.165, 1.54) is 6.92 Å².